The lowest BCUT2D eigenvalue weighted by Gasteiger charge is -2.22. The van der Waals surface area contributed by atoms with Crippen molar-refractivity contribution in [3.05, 3.63) is 0 Å². The van der Waals surface area contributed by atoms with Gasteiger partial charge in [0.05, 0.1) is 5.92 Å². The van der Waals surface area contributed by atoms with Crippen molar-refractivity contribution in [3.8, 4) is 0 Å². The van der Waals surface area contributed by atoms with Crippen LogP contribution in [0.25, 0.3) is 0 Å². The van der Waals surface area contributed by atoms with Crippen LogP contribution in [0.3, 0.4) is 0 Å². The van der Waals surface area contributed by atoms with Crippen molar-refractivity contribution >= 4 is 11.9 Å². The van der Waals surface area contributed by atoms with Gasteiger partial charge in [-0.1, -0.05) is 0 Å². The first-order chi connectivity index (χ1) is 6.11. The predicted octanol–water partition coefficient (Wildman–Crippen LogP) is 0.328. The summed E-state index contributed by atoms with van der Waals surface area (Å²) in [6, 6.07) is -0.0370. The number of carbonyl (C=O) groups is 2. The Kier molecular flexibility index (Phi) is 1.78. The fourth-order valence-corrected chi connectivity index (χ4v) is 2.20. The molecule has 1 aliphatic heterocycles. The largest absolute Gasteiger partial charge is 0.481 e. The third-order valence-electron chi connectivity index (χ3n) is 3.07. The van der Waals surface area contributed by atoms with E-state index in [4.69, 9.17) is 5.11 Å². The summed E-state index contributed by atoms with van der Waals surface area (Å²) in [7, 11) is 1.72. The SMILES string of the molecule is CN1C(=O)C[C@H](C(=O)O)[C@H]1C1CC1. The van der Waals surface area contributed by atoms with Crippen molar-refractivity contribution in [1.82, 2.24) is 4.90 Å². The highest BCUT2D eigenvalue weighted by Crippen LogP contribution is 2.42. The number of likely N-dealkylation sites (tertiary alicyclic amines) is 1. The van der Waals surface area contributed by atoms with Crippen LogP contribution >= 0.6 is 0 Å². The van der Waals surface area contributed by atoms with Gasteiger partial charge < -0.3 is 10.0 Å². The molecule has 1 saturated carbocycles. The van der Waals surface area contributed by atoms with Gasteiger partial charge in [-0.2, -0.15) is 0 Å². The van der Waals surface area contributed by atoms with E-state index >= 15 is 0 Å². The Balaban J connectivity index is 2.18. The van der Waals surface area contributed by atoms with Crippen molar-refractivity contribution in [2.75, 3.05) is 7.05 Å². The van der Waals surface area contributed by atoms with Crippen LogP contribution in [0, 0.1) is 11.8 Å². The zero-order chi connectivity index (χ0) is 9.59. The minimum absolute atomic E-state index is 0.0238. The summed E-state index contributed by atoms with van der Waals surface area (Å²) in [6.45, 7) is 0. The molecule has 2 fully saturated rings. The molecular formula is C9H13NO3. The maximum atomic E-state index is 11.3. The van der Waals surface area contributed by atoms with Gasteiger partial charge in [-0.25, -0.2) is 0 Å². The van der Waals surface area contributed by atoms with Crippen molar-refractivity contribution in [2.24, 2.45) is 11.8 Å². The molecule has 0 unspecified atom stereocenters. The molecule has 4 heteroatoms. The van der Waals surface area contributed by atoms with Crippen molar-refractivity contribution < 1.29 is 14.7 Å². The maximum absolute atomic E-state index is 11.3. The number of aliphatic carboxylic acids is 1. The highest BCUT2D eigenvalue weighted by molar-refractivity contribution is 5.86. The average molecular weight is 183 g/mol. The molecule has 0 radical (unpaired) electrons. The zero-order valence-corrected chi connectivity index (χ0v) is 7.56. The predicted molar refractivity (Wildman–Crippen MR) is 45.0 cm³/mol. The van der Waals surface area contributed by atoms with E-state index in [0.29, 0.717) is 5.92 Å². The van der Waals surface area contributed by atoms with E-state index in [1.54, 1.807) is 11.9 Å². The summed E-state index contributed by atoms with van der Waals surface area (Å²) in [5.74, 6) is -0.874. The monoisotopic (exact) mass is 183 g/mol. The summed E-state index contributed by atoms with van der Waals surface area (Å²) < 4.78 is 0. The van der Waals surface area contributed by atoms with Gasteiger partial charge in [0.25, 0.3) is 0 Å². The molecule has 0 aromatic rings. The molecule has 0 bridgehead atoms. The van der Waals surface area contributed by atoms with E-state index < -0.39 is 11.9 Å². The van der Waals surface area contributed by atoms with Crippen molar-refractivity contribution in [2.45, 2.75) is 25.3 Å². The van der Waals surface area contributed by atoms with E-state index in [9.17, 15) is 9.59 Å². The van der Waals surface area contributed by atoms with E-state index in [-0.39, 0.29) is 18.4 Å². The second kappa shape index (κ2) is 2.72. The van der Waals surface area contributed by atoms with Crippen LogP contribution in [0.4, 0.5) is 0 Å². The minimum atomic E-state index is -0.824. The van der Waals surface area contributed by atoms with Gasteiger partial charge in [0.2, 0.25) is 5.91 Å². The molecule has 0 aromatic carbocycles. The molecule has 1 N–H and O–H groups in total. The fraction of sp³-hybridized carbons (Fsp3) is 0.778. The normalized spacial score (nSPS) is 33.9. The molecule has 1 heterocycles. The lowest BCUT2D eigenvalue weighted by Crippen LogP contribution is -2.36. The van der Waals surface area contributed by atoms with Gasteiger partial charge in [0.1, 0.15) is 0 Å². The zero-order valence-electron chi connectivity index (χ0n) is 7.56. The van der Waals surface area contributed by atoms with Crippen LogP contribution in [0.5, 0.6) is 0 Å². The van der Waals surface area contributed by atoms with Crippen LogP contribution in [0.2, 0.25) is 0 Å². The number of carboxylic acid groups (broad SMARTS) is 1. The second-order valence-electron chi connectivity index (χ2n) is 3.98. The second-order valence-corrected chi connectivity index (χ2v) is 3.98. The Morgan fingerprint density at radius 2 is 2.15 bits per heavy atom. The molecule has 2 atom stereocenters. The number of hydrogen-bond acceptors (Lipinski definition) is 2. The van der Waals surface area contributed by atoms with Gasteiger partial charge >= 0.3 is 5.97 Å². The Morgan fingerprint density at radius 3 is 2.62 bits per heavy atom. The molecule has 0 spiro atoms. The van der Waals surface area contributed by atoms with Gasteiger partial charge in [0, 0.05) is 19.5 Å². The van der Waals surface area contributed by atoms with Crippen molar-refractivity contribution in [3.63, 3.8) is 0 Å². The average Bonchev–Trinajstić information content (AvgIpc) is 2.82. The van der Waals surface area contributed by atoms with Crippen LogP contribution in [-0.2, 0) is 9.59 Å². The van der Waals surface area contributed by atoms with Crippen molar-refractivity contribution in [1.29, 1.82) is 0 Å². The quantitative estimate of drug-likeness (QED) is 0.671. The Bertz CT molecular complexity index is 260. The number of hydrogen-bond donors (Lipinski definition) is 1. The number of carbonyl (C=O) groups excluding carboxylic acids is 1. The van der Waals surface area contributed by atoms with Gasteiger partial charge in [-0.05, 0) is 18.8 Å². The molecule has 4 nitrogen and oxygen atoms in total. The molecule has 0 aromatic heterocycles. The molecule has 1 saturated heterocycles. The lowest BCUT2D eigenvalue weighted by atomic mass is 9.97. The fourth-order valence-electron chi connectivity index (χ4n) is 2.20. The van der Waals surface area contributed by atoms with Gasteiger partial charge in [0.15, 0.2) is 0 Å². The first-order valence-electron chi connectivity index (χ1n) is 4.59. The molecular weight excluding hydrogens is 170 g/mol. The maximum Gasteiger partial charge on any atom is 0.309 e. The molecule has 2 aliphatic rings. The van der Waals surface area contributed by atoms with Gasteiger partial charge in [-0.3, -0.25) is 9.59 Å². The number of nitrogens with zero attached hydrogens (tertiary/aromatic N) is 1. The smallest absolute Gasteiger partial charge is 0.309 e. The minimum Gasteiger partial charge on any atom is -0.481 e. The van der Waals surface area contributed by atoms with Crippen LogP contribution < -0.4 is 0 Å². The van der Waals surface area contributed by atoms with Crippen LogP contribution in [-0.4, -0.2) is 35.0 Å². The highest BCUT2D eigenvalue weighted by Gasteiger charge is 2.49. The first-order valence-corrected chi connectivity index (χ1v) is 4.59. The van der Waals surface area contributed by atoms with Crippen LogP contribution in [0.1, 0.15) is 19.3 Å². The first kappa shape index (κ1) is 8.53. The van der Waals surface area contributed by atoms with E-state index in [1.807, 2.05) is 0 Å². The molecule has 13 heavy (non-hydrogen) atoms. The third kappa shape index (κ3) is 1.30. The highest BCUT2D eigenvalue weighted by atomic mass is 16.4. The van der Waals surface area contributed by atoms with Gasteiger partial charge in [-0.15, -0.1) is 0 Å². The van der Waals surface area contributed by atoms with Crippen LogP contribution in [0.15, 0.2) is 0 Å². The number of carboxylic acids is 1. The third-order valence-corrected chi connectivity index (χ3v) is 3.07. The summed E-state index contributed by atoms with van der Waals surface area (Å²) >= 11 is 0. The molecule has 72 valence electrons. The summed E-state index contributed by atoms with van der Waals surface area (Å²) in [6.07, 6.45) is 2.34. The topological polar surface area (TPSA) is 57.6 Å². The summed E-state index contributed by atoms with van der Waals surface area (Å²) in [5.41, 5.74) is 0. The molecule has 1 aliphatic carbocycles. The molecule has 2 rings (SSSR count). The standard InChI is InChI=1S/C9H13NO3/c1-10-7(11)4-6(9(12)13)8(10)5-2-3-5/h5-6,8H,2-4H2,1H3,(H,12,13)/t6-,8+/m0/s1. The lowest BCUT2D eigenvalue weighted by molar-refractivity contribution is -0.142. The Hall–Kier alpha value is -1.06. The Morgan fingerprint density at radius 1 is 1.54 bits per heavy atom. The number of rotatable bonds is 2. The summed E-state index contributed by atoms with van der Waals surface area (Å²) in [4.78, 5) is 23.8. The molecule has 1 amide bonds. The number of amides is 1. The summed E-state index contributed by atoms with van der Waals surface area (Å²) in [5, 5.41) is 8.92. The van der Waals surface area contributed by atoms with E-state index in [2.05, 4.69) is 0 Å². The van der Waals surface area contributed by atoms with E-state index in [1.165, 1.54) is 0 Å². The Labute approximate surface area is 76.5 Å². The van der Waals surface area contributed by atoms with E-state index in [0.717, 1.165) is 12.8 Å².